The molecule has 1 aromatic carbocycles. The molecule has 0 radical (unpaired) electrons. The van der Waals surface area contributed by atoms with Crippen LogP contribution in [0.2, 0.25) is 0 Å². The van der Waals surface area contributed by atoms with Gasteiger partial charge in [-0.25, -0.2) is 0 Å². The Labute approximate surface area is 122 Å². The summed E-state index contributed by atoms with van der Waals surface area (Å²) in [4.78, 5) is 14.5. The number of halogens is 1. The van der Waals surface area contributed by atoms with Crippen LogP contribution in [0.5, 0.6) is 0 Å². The largest absolute Gasteiger partial charge is 0.398 e. The number of piperidine rings is 1. The molecule has 1 unspecified atom stereocenters. The molecule has 0 spiro atoms. The summed E-state index contributed by atoms with van der Waals surface area (Å²) < 4.78 is 0.863. The maximum Gasteiger partial charge on any atom is 0.253 e. The van der Waals surface area contributed by atoms with E-state index in [0.717, 1.165) is 17.4 Å². The molecule has 2 rings (SSSR count). The molecule has 0 saturated carbocycles. The summed E-state index contributed by atoms with van der Waals surface area (Å²) in [6, 6.07) is 5.77. The number of hydrogen-bond acceptors (Lipinski definition) is 3. The molecule has 1 amide bonds. The maximum atomic E-state index is 12.1. The van der Waals surface area contributed by atoms with E-state index in [9.17, 15) is 4.79 Å². The summed E-state index contributed by atoms with van der Waals surface area (Å²) in [7, 11) is 2.11. The number of nitrogens with zero attached hydrogens (tertiary/aromatic N) is 1. The fourth-order valence-corrected chi connectivity index (χ4v) is 2.79. The van der Waals surface area contributed by atoms with Gasteiger partial charge in [-0.1, -0.05) is 22.4 Å². The van der Waals surface area contributed by atoms with Gasteiger partial charge in [-0.15, -0.1) is 0 Å². The first-order chi connectivity index (χ1) is 9.08. The SMILES string of the molecule is CN1CCCCC1CNC(=O)c1cc(Br)ccc1N. The Morgan fingerprint density at radius 2 is 2.32 bits per heavy atom. The molecule has 5 heteroatoms. The lowest BCUT2D eigenvalue weighted by atomic mass is 10.0. The van der Waals surface area contributed by atoms with Gasteiger partial charge in [-0.2, -0.15) is 0 Å². The lowest BCUT2D eigenvalue weighted by Gasteiger charge is -2.32. The normalized spacial score (nSPS) is 20.2. The van der Waals surface area contributed by atoms with Gasteiger partial charge < -0.3 is 16.0 Å². The van der Waals surface area contributed by atoms with Crippen LogP contribution in [0, 0.1) is 0 Å². The van der Waals surface area contributed by atoms with Crippen molar-refractivity contribution in [2.24, 2.45) is 0 Å². The zero-order valence-electron chi connectivity index (χ0n) is 11.2. The third-order valence-corrected chi connectivity index (χ3v) is 4.17. The highest BCUT2D eigenvalue weighted by Gasteiger charge is 2.20. The first-order valence-electron chi connectivity index (χ1n) is 6.61. The quantitative estimate of drug-likeness (QED) is 0.838. The molecule has 0 aliphatic carbocycles. The smallest absolute Gasteiger partial charge is 0.253 e. The van der Waals surface area contributed by atoms with E-state index < -0.39 is 0 Å². The zero-order valence-corrected chi connectivity index (χ0v) is 12.7. The number of hydrogen-bond donors (Lipinski definition) is 2. The van der Waals surface area contributed by atoms with Crippen molar-refractivity contribution in [1.82, 2.24) is 10.2 Å². The Kier molecular flexibility index (Phi) is 4.82. The second kappa shape index (κ2) is 6.39. The zero-order chi connectivity index (χ0) is 13.8. The molecule has 19 heavy (non-hydrogen) atoms. The van der Waals surface area contributed by atoms with E-state index in [-0.39, 0.29) is 5.91 Å². The molecular formula is C14H20BrN3O. The number of nitrogen functional groups attached to an aromatic ring is 1. The molecule has 1 saturated heterocycles. The first kappa shape index (κ1) is 14.3. The summed E-state index contributed by atoms with van der Waals surface area (Å²) in [5.74, 6) is -0.0993. The van der Waals surface area contributed by atoms with E-state index in [0.29, 0.717) is 23.8 Å². The van der Waals surface area contributed by atoms with Gasteiger partial charge >= 0.3 is 0 Å². The number of anilines is 1. The summed E-state index contributed by atoms with van der Waals surface area (Å²) in [6.07, 6.45) is 3.63. The van der Waals surface area contributed by atoms with Gasteiger partial charge in [-0.05, 0) is 44.6 Å². The number of likely N-dealkylation sites (tertiary alicyclic amines) is 1. The molecule has 1 atom stereocenters. The number of carbonyl (C=O) groups excluding carboxylic acids is 1. The molecule has 4 nitrogen and oxygen atoms in total. The predicted molar refractivity (Wildman–Crippen MR) is 81.2 cm³/mol. The van der Waals surface area contributed by atoms with E-state index >= 15 is 0 Å². The van der Waals surface area contributed by atoms with Gasteiger partial charge in [0.2, 0.25) is 0 Å². The predicted octanol–water partition coefficient (Wildman–Crippen LogP) is 2.25. The van der Waals surface area contributed by atoms with Gasteiger partial charge in [0.25, 0.3) is 5.91 Å². The summed E-state index contributed by atoms with van der Waals surface area (Å²) in [5, 5.41) is 2.99. The first-order valence-corrected chi connectivity index (χ1v) is 7.40. The second-order valence-electron chi connectivity index (χ2n) is 5.07. The Morgan fingerprint density at radius 1 is 1.53 bits per heavy atom. The fraction of sp³-hybridized carbons (Fsp3) is 0.500. The third kappa shape index (κ3) is 3.70. The van der Waals surface area contributed by atoms with Gasteiger partial charge in [-0.3, -0.25) is 4.79 Å². The highest BCUT2D eigenvalue weighted by Crippen LogP contribution is 2.19. The lowest BCUT2D eigenvalue weighted by Crippen LogP contribution is -2.44. The molecule has 1 aromatic rings. The van der Waals surface area contributed by atoms with Crippen molar-refractivity contribution in [2.45, 2.75) is 25.3 Å². The van der Waals surface area contributed by atoms with Crippen LogP contribution < -0.4 is 11.1 Å². The Bertz CT molecular complexity index is 464. The van der Waals surface area contributed by atoms with E-state index in [1.807, 2.05) is 6.07 Å². The van der Waals surface area contributed by atoms with Crippen LogP contribution in [0.4, 0.5) is 5.69 Å². The van der Waals surface area contributed by atoms with Crippen LogP contribution in [0.15, 0.2) is 22.7 Å². The Balaban J connectivity index is 1.95. The topological polar surface area (TPSA) is 58.4 Å². The van der Waals surface area contributed by atoms with E-state index in [4.69, 9.17) is 5.73 Å². The van der Waals surface area contributed by atoms with E-state index in [1.54, 1.807) is 12.1 Å². The Morgan fingerprint density at radius 3 is 3.05 bits per heavy atom. The minimum absolute atomic E-state index is 0.0993. The van der Waals surface area contributed by atoms with Crippen LogP contribution in [-0.4, -0.2) is 37.0 Å². The second-order valence-corrected chi connectivity index (χ2v) is 5.99. The van der Waals surface area contributed by atoms with Gasteiger partial charge in [0, 0.05) is 22.7 Å². The van der Waals surface area contributed by atoms with Crippen LogP contribution in [0.3, 0.4) is 0 Å². The van der Waals surface area contributed by atoms with Gasteiger partial charge in [0.05, 0.1) is 5.56 Å². The number of amides is 1. The number of rotatable bonds is 3. The van der Waals surface area contributed by atoms with Crippen molar-refractivity contribution >= 4 is 27.5 Å². The van der Waals surface area contributed by atoms with Crippen LogP contribution in [0.25, 0.3) is 0 Å². The van der Waals surface area contributed by atoms with Crippen molar-refractivity contribution in [1.29, 1.82) is 0 Å². The average Bonchev–Trinajstić information content (AvgIpc) is 2.40. The van der Waals surface area contributed by atoms with Crippen LogP contribution in [0.1, 0.15) is 29.6 Å². The molecule has 1 fully saturated rings. The highest BCUT2D eigenvalue weighted by molar-refractivity contribution is 9.10. The molecule has 1 aliphatic rings. The number of carbonyl (C=O) groups is 1. The minimum Gasteiger partial charge on any atom is -0.398 e. The van der Waals surface area contributed by atoms with Crippen molar-refractivity contribution in [3.8, 4) is 0 Å². The molecular weight excluding hydrogens is 306 g/mol. The highest BCUT2D eigenvalue weighted by atomic mass is 79.9. The fourth-order valence-electron chi connectivity index (χ4n) is 2.43. The standard InChI is InChI=1S/C14H20BrN3O/c1-18-7-3-2-4-11(18)9-17-14(19)12-8-10(15)5-6-13(12)16/h5-6,8,11H,2-4,7,9,16H2,1H3,(H,17,19). The molecule has 1 heterocycles. The summed E-state index contributed by atoms with van der Waals surface area (Å²) in [5.41, 5.74) is 6.88. The summed E-state index contributed by atoms with van der Waals surface area (Å²) >= 11 is 3.36. The van der Waals surface area contributed by atoms with Gasteiger partial charge in [0.15, 0.2) is 0 Å². The number of benzene rings is 1. The van der Waals surface area contributed by atoms with Crippen molar-refractivity contribution in [3.63, 3.8) is 0 Å². The maximum absolute atomic E-state index is 12.1. The third-order valence-electron chi connectivity index (χ3n) is 3.68. The number of nitrogens with two attached hydrogens (primary N) is 1. The number of likely N-dealkylation sites (N-methyl/N-ethyl adjacent to an activating group) is 1. The average molecular weight is 326 g/mol. The van der Waals surface area contributed by atoms with Gasteiger partial charge in [0.1, 0.15) is 0 Å². The molecule has 0 bridgehead atoms. The van der Waals surface area contributed by atoms with Crippen molar-refractivity contribution in [2.75, 3.05) is 25.9 Å². The van der Waals surface area contributed by atoms with Crippen LogP contribution in [-0.2, 0) is 0 Å². The van der Waals surface area contributed by atoms with E-state index in [2.05, 4.69) is 33.2 Å². The summed E-state index contributed by atoms with van der Waals surface area (Å²) in [6.45, 7) is 1.79. The van der Waals surface area contributed by atoms with Crippen molar-refractivity contribution < 1.29 is 4.79 Å². The number of nitrogens with one attached hydrogen (secondary N) is 1. The van der Waals surface area contributed by atoms with Crippen molar-refractivity contribution in [3.05, 3.63) is 28.2 Å². The Hall–Kier alpha value is -1.07. The molecule has 104 valence electrons. The monoisotopic (exact) mass is 325 g/mol. The minimum atomic E-state index is -0.0993. The molecule has 3 N–H and O–H groups in total. The van der Waals surface area contributed by atoms with Crippen LogP contribution >= 0.6 is 15.9 Å². The lowest BCUT2D eigenvalue weighted by molar-refractivity contribution is 0.0929. The van der Waals surface area contributed by atoms with E-state index in [1.165, 1.54) is 12.8 Å². The molecule has 1 aliphatic heterocycles. The molecule has 0 aromatic heterocycles.